The number of carbonyl (C=O) groups excluding carboxylic acids is 1. The van der Waals surface area contributed by atoms with Crippen LogP contribution in [0, 0.1) is 17.7 Å². The second-order valence-electron chi connectivity index (χ2n) is 4.58. The molecule has 1 saturated carbocycles. The number of fused-ring (bicyclic) bond motifs is 3. The maximum Gasteiger partial charge on any atom is 0.309 e. The predicted molar refractivity (Wildman–Crippen MR) is 65.9 cm³/mol. The molecule has 0 spiro atoms. The number of ether oxygens (including phenoxy) is 2. The van der Waals surface area contributed by atoms with Crippen LogP contribution in [0.5, 0.6) is 5.75 Å². The van der Waals surface area contributed by atoms with Gasteiger partial charge in [-0.05, 0) is 35.0 Å². The zero-order chi connectivity index (χ0) is 12.9. The number of hydrogen-bond donors (Lipinski definition) is 0. The van der Waals surface area contributed by atoms with Crippen LogP contribution in [-0.4, -0.2) is 19.2 Å². The molecule has 5 heteroatoms. The molecule has 3 nitrogen and oxygen atoms in total. The molecule has 1 aromatic carbocycles. The van der Waals surface area contributed by atoms with Crippen LogP contribution in [0.25, 0.3) is 0 Å². The summed E-state index contributed by atoms with van der Waals surface area (Å²) in [6.45, 7) is 2.64. The highest BCUT2D eigenvalue weighted by molar-refractivity contribution is 9.10. The lowest BCUT2D eigenvalue weighted by Crippen LogP contribution is -2.11. The molecule has 3 atom stereocenters. The van der Waals surface area contributed by atoms with Crippen LogP contribution < -0.4 is 4.74 Å². The van der Waals surface area contributed by atoms with Crippen molar-refractivity contribution < 1.29 is 18.7 Å². The molecule has 0 radical (unpaired) electrons. The number of esters is 1. The van der Waals surface area contributed by atoms with Gasteiger partial charge in [0.1, 0.15) is 11.6 Å². The van der Waals surface area contributed by atoms with Crippen LogP contribution in [0.15, 0.2) is 16.6 Å². The first kappa shape index (κ1) is 12.0. The van der Waals surface area contributed by atoms with Crippen LogP contribution in [0.3, 0.4) is 0 Å². The Hall–Kier alpha value is -1.10. The average molecular weight is 315 g/mol. The van der Waals surface area contributed by atoms with Gasteiger partial charge in [-0.2, -0.15) is 0 Å². The number of hydrogen-bond acceptors (Lipinski definition) is 3. The summed E-state index contributed by atoms with van der Waals surface area (Å²) < 4.78 is 24.7. The van der Waals surface area contributed by atoms with Crippen molar-refractivity contribution >= 4 is 21.9 Å². The number of rotatable bonds is 2. The number of carbonyl (C=O) groups is 1. The van der Waals surface area contributed by atoms with Gasteiger partial charge in [-0.25, -0.2) is 4.39 Å². The van der Waals surface area contributed by atoms with Gasteiger partial charge in [0.05, 0.1) is 23.6 Å². The van der Waals surface area contributed by atoms with E-state index in [1.54, 1.807) is 6.92 Å². The zero-order valence-corrected chi connectivity index (χ0v) is 11.4. The Morgan fingerprint density at radius 1 is 1.61 bits per heavy atom. The Labute approximate surface area is 112 Å². The fraction of sp³-hybridized carbons (Fsp3) is 0.462. The Balaban J connectivity index is 1.93. The third-order valence-corrected chi connectivity index (χ3v) is 4.13. The highest BCUT2D eigenvalue weighted by atomic mass is 79.9. The van der Waals surface area contributed by atoms with E-state index in [1.165, 1.54) is 12.1 Å². The lowest BCUT2D eigenvalue weighted by Gasteiger charge is -2.17. The molecule has 0 amide bonds. The van der Waals surface area contributed by atoms with Crippen molar-refractivity contribution in [2.45, 2.75) is 12.8 Å². The zero-order valence-electron chi connectivity index (χ0n) is 9.78. The maximum atomic E-state index is 13.4. The summed E-state index contributed by atoms with van der Waals surface area (Å²) in [4.78, 5) is 11.8. The van der Waals surface area contributed by atoms with Gasteiger partial charge in [0, 0.05) is 17.4 Å². The Bertz CT molecular complexity index is 517. The fourth-order valence-corrected chi connectivity index (χ4v) is 3.29. The molecular weight excluding hydrogens is 303 g/mol. The Morgan fingerprint density at radius 3 is 3.11 bits per heavy atom. The summed E-state index contributed by atoms with van der Waals surface area (Å²) in [5, 5.41) is 0. The van der Waals surface area contributed by atoms with Crippen LogP contribution in [0.4, 0.5) is 4.39 Å². The van der Waals surface area contributed by atoms with E-state index in [1.807, 2.05) is 0 Å². The molecule has 1 fully saturated rings. The molecular formula is C13H12BrFO3. The summed E-state index contributed by atoms with van der Waals surface area (Å²) in [5.74, 6) is 0.123. The van der Waals surface area contributed by atoms with E-state index in [0.29, 0.717) is 23.4 Å². The molecule has 0 aromatic heterocycles. The molecule has 0 saturated heterocycles. The molecule has 1 aromatic rings. The maximum absolute atomic E-state index is 13.4. The first-order valence-electron chi connectivity index (χ1n) is 5.92. The number of halogens is 2. The minimum absolute atomic E-state index is 0.0415. The average Bonchev–Trinajstić information content (AvgIpc) is 3.03. The summed E-state index contributed by atoms with van der Waals surface area (Å²) >= 11 is 3.29. The Morgan fingerprint density at radius 2 is 2.39 bits per heavy atom. The lowest BCUT2D eigenvalue weighted by molar-refractivity contribution is -0.145. The van der Waals surface area contributed by atoms with E-state index in [9.17, 15) is 9.18 Å². The smallest absolute Gasteiger partial charge is 0.309 e. The second kappa shape index (κ2) is 4.23. The highest BCUT2D eigenvalue weighted by Crippen LogP contribution is 2.60. The molecule has 1 aliphatic carbocycles. The summed E-state index contributed by atoms with van der Waals surface area (Å²) in [6, 6.07) is 2.83. The van der Waals surface area contributed by atoms with Crippen molar-refractivity contribution in [3.05, 3.63) is 28.0 Å². The van der Waals surface area contributed by atoms with E-state index >= 15 is 0 Å². The predicted octanol–water partition coefficient (Wildman–Crippen LogP) is 2.87. The minimum Gasteiger partial charge on any atom is -0.492 e. The lowest BCUT2D eigenvalue weighted by atomic mass is 10.1. The van der Waals surface area contributed by atoms with Crippen molar-refractivity contribution in [2.75, 3.05) is 13.2 Å². The normalized spacial score (nSPS) is 27.8. The molecule has 0 N–H and O–H groups in total. The van der Waals surface area contributed by atoms with Crippen LogP contribution >= 0.6 is 15.9 Å². The van der Waals surface area contributed by atoms with Crippen molar-refractivity contribution in [1.82, 2.24) is 0 Å². The summed E-state index contributed by atoms with van der Waals surface area (Å²) in [6.07, 6.45) is 0. The fourth-order valence-electron chi connectivity index (χ4n) is 2.72. The topological polar surface area (TPSA) is 35.5 Å². The molecule has 96 valence electrons. The second-order valence-corrected chi connectivity index (χ2v) is 5.44. The van der Waals surface area contributed by atoms with E-state index < -0.39 is 0 Å². The van der Waals surface area contributed by atoms with Gasteiger partial charge in [-0.1, -0.05) is 0 Å². The molecule has 2 aliphatic rings. The number of benzene rings is 1. The van der Waals surface area contributed by atoms with Crippen LogP contribution in [0.2, 0.25) is 0 Å². The standard InChI is InChI=1S/C13H12BrFO3/c1-2-17-13(16)11-8-5-18-12-7(10(8)11)3-6(15)4-9(12)14/h3-4,8,10-11H,2,5H2,1H3/t8-,10+,11?/m1/s1. The van der Waals surface area contributed by atoms with E-state index in [4.69, 9.17) is 9.47 Å². The van der Waals surface area contributed by atoms with Crippen molar-refractivity contribution in [2.24, 2.45) is 11.8 Å². The minimum atomic E-state index is -0.320. The summed E-state index contributed by atoms with van der Waals surface area (Å²) in [5.41, 5.74) is 0.774. The molecule has 1 unspecified atom stereocenters. The van der Waals surface area contributed by atoms with Gasteiger partial charge in [0.15, 0.2) is 0 Å². The SMILES string of the molecule is CCOC(=O)C1[C@H]2c3cc(F)cc(Br)c3OC[C@@H]12. The summed E-state index contributed by atoms with van der Waals surface area (Å²) in [7, 11) is 0. The van der Waals surface area contributed by atoms with Crippen molar-refractivity contribution in [3.63, 3.8) is 0 Å². The third kappa shape index (κ3) is 1.72. The molecule has 1 heterocycles. The molecule has 3 rings (SSSR count). The van der Waals surface area contributed by atoms with Gasteiger partial charge < -0.3 is 9.47 Å². The monoisotopic (exact) mass is 314 g/mol. The van der Waals surface area contributed by atoms with Crippen LogP contribution in [0.1, 0.15) is 18.4 Å². The van der Waals surface area contributed by atoms with Crippen molar-refractivity contribution in [3.8, 4) is 5.75 Å². The highest BCUT2D eigenvalue weighted by Gasteiger charge is 2.59. The first-order chi connectivity index (χ1) is 8.63. The van der Waals surface area contributed by atoms with Crippen molar-refractivity contribution in [1.29, 1.82) is 0 Å². The van der Waals surface area contributed by atoms with Gasteiger partial charge in [-0.15, -0.1) is 0 Å². The largest absolute Gasteiger partial charge is 0.492 e. The Kier molecular flexibility index (Phi) is 2.81. The third-order valence-electron chi connectivity index (χ3n) is 3.54. The van der Waals surface area contributed by atoms with Crippen LogP contribution in [-0.2, 0) is 9.53 Å². The van der Waals surface area contributed by atoms with Gasteiger partial charge in [0.25, 0.3) is 0 Å². The molecule has 18 heavy (non-hydrogen) atoms. The first-order valence-corrected chi connectivity index (χ1v) is 6.71. The quantitative estimate of drug-likeness (QED) is 0.787. The van der Waals surface area contributed by atoms with E-state index in [0.717, 1.165) is 5.56 Å². The van der Waals surface area contributed by atoms with E-state index in [-0.39, 0.29) is 29.5 Å². The molecule has 0 bridgehead atoms. The van der Waals surface area contributed by atoms with Gasteiger partial charge in [-0.3, -0.25) is 4.79 Å². The van der Waals surface area contributed by atoms with E-state index in [2.05, 4.69) is 15.9 Å². The van der Waals surface area contributed by atoms with Gasteiger partial charge >= 0.3 is 5.97 Å². The molecule has 1 aliphatic heterocycles. The van der Waals surface area contributed by atoms with Gasteiger partial charge in [0.2, 0.25) is 0 Å².